The van der Waals surface area contributed by atoms with Crippen LogP contribution in [0.15, 0.2) is 0 Å². The minimum absolute atomic E-state index is 0.0212. The highest BCUT2D eigenvalue weighted by atomic mass is 28.3. The van der Waals surface area contributed by atoms with Crippen molar-refractivity contribution in [3.05, 3.63) is 6.55 Å². The fourth-order valence-corrected chi connectivity index (χ4v) is 1.81. The van der Waals surface area contributed by atoms with Gasteiger partial charge in [0.05, 0.1) is 0 Å². The van der Waals surface area contributed by atoms with Crippen molar-refractivity contribution in [1.29, 1.82) is 0 Å². The average Bonchev–Trinajstić information content (AvgIpc) is 1.21. The highest BCUT2D eigenvalue weighted by Gasteiger charge is 2.07. The molecule has 1 nitrogen and oxygen atoms in total. The van der Waals surface area contributed by atoms with Gasteiger partial charge < -0.3 is 11.0 Å². The molecule has 0 fully saturated rings. The zero-order valence-corrected chi connectivity index (χ0v) is 7.35. The molecule has 1 atom stereocenters. The zero-order chi connectivity index (χ0) is 6.78. The largest absolute Gasteiger partial charge is 0.448 e. The third kappa shape index (κ3) is 6.18. The fraction of sp³-hybridized carbons (Fsp3) is 0.833. The zero-order valence-electron chi connectivity index (χ0n) is 6.19. The molecule has 0 saturated heterocycles. The van der Waals surface area contributed by atoms with E-state index in [4.69, 9.17) is 4.43 Å². The van der Waals surface area contributed by atoms with Crippen LogP contribution in [-0.2, 0) is 4.43 Å². The van der Waals surface area contributed by atoms with Crippen molar-refractivity contribution >= 4 is 9.04 Å². The van der Waals surface area contributed by atoms with E-state index in [1.807, 2.05) is 0 Å². The van der Waals surface area contributed by atoms with Gasteiger partial charge in [0, 0.05) is 14.6 Å². The van der Waals surface area contributed by atoms with E-state index in [1.54, 1.807) is 0 Å². The summed E-state index contributed by atoms with van der Waals surface area (Å²) in [7, 11) is -1.05. The molecule has 0 aliphatic rings. The molecule has 0 heterocycles. The molecule has 1 unspecified atom stereocenters. The van der Waals surface area contributed by atoms with Crippen LogP contribution in [0.5, 0.6) is 0 Å². The Morgan fingerprint density at radius 1 is 1.38 bits per heavy atom. The van der Waals surface area contributed by atoms with Crippen molar-refractivity contribution in [2.75, 3.05) is 0 Å². The van der Waals surface area contributed by atoms with Crippen LogP contribution in [0.3, 0.4) is 0 Å². The average molecular weight is 131 g/mol. The lowest BCUT2D eigenvalue weighted by atomic mass is 10.2. The van der Waals surface area contributed by atoms with Crippen molar-refractivity contribution in [2.45, 2.75) is 32.9 Å². The van der Waals surface area contributed by atoms with Crippen molar-refractivity contribution in [1.82, 2.24) is 0 Å². The van der Waals surface area contributed by atoms with Crippen LogP contribution in [0.1, 0.15) is 20.8 Å². The molecule has 0 aromatic rings. The number of hydrogen-bond donors (Lipinski definition) is 0. The minimum Gasteiger partial charge on any atom is -0.448 e. The van der Waals surface area contributed by atoms with Crippen LogP contribution in [0, 0.1) is 6.55 Å². The second-order valence-electron chi connectivity index (χ2n) is 3.04. The molecule has 2 heteroatoms. The molecular weight excluding hydrogens is 116 g/mol. The summed E-state index contributed by atoms with van der Waals surface area (Å²) >= 11 is 0. The predicted molar refractivity (Wildman–Crippen MR) is 39.2 cm³/mol. The maximum atomic E-state index is 5.47. The molecule has 0 amide bonds. The summed E-state index contributed by atoms with van der Waals surface area (Å²) in [5, 5.41) is 0. The van der Waals surface area contributed by atoms with Crippen LogP contribution in [-0.4, -0.2) is 14.6 Å². The first-order valence-electron chi connectivity index (χ1n) is 2.93. The van der Waals surface area contributed by atoms with E-state index in [-0.39, 0.29) is 5.60 Å². The molecule has 0 aromatic carbocycles. The highest BCUT2D eigenvalue weighted by Crippen LogP contribution is 2.07. The summed E-state index contributed by atoms with van der Waals surface area (Å²) < 4.78 is 5.47. The van der Waals surface area contributed by atoms with Gasteiger partial charge in [-0.3, -0.25) is 0 Å². The molecule has 8 heavy (non-hydrogen) atoms. The summed E-state index contributed by atoms with van der Waals surface area (Å²) in [4.78, 5) is 0. The van der Waals surface area contributed by atoms with Crippen LogP contribution in [0.4, 0.5) is 0 Å². The van der Waals surface area contributed by atoms with E-state index in [2.05, 4.69) is 33.9 Å². The normalized spacial score (nSPS) is 16.1. The monoisotopic (exact) mass is 131 g/mol. The van der Waals surface area contributed by atoms with Gasteiger partial charge in [0.15, 0.2) is 0 Å². The highest BCUT2D eigenvalue weighted by molar-refractivity contribution is 6.52. The third-order valence-corrected chi connectivity index (χ3v) is 1.66. The smallest absolute Gasteiger partial charge is 0.0440 e. The van der Waals surface area contributed by atoms with Gasteiger partial charge in [0.25, 0.3) is 0 Å². The lowest BCUT2D eigenvalue weighted by molar-refractivity contribution is 0.133. The Morgan fingerprint density at radius 3 is 1.75 bits per heavy atom. The molecule has 0 N–H and O–H groups in total. The Hall–Kier alpha value is 0.177. The molecule has 0 aliphatic heterocycles. The Balaban J connectivity index is 3.39. The maximum Gasteiger partial charge on any atom is 0.0440 e. The fourth-order valence-electron chi connectivity index (χ4n) is 0.604. The summed E-state index contributed by atoms with van der Waals surface area (Å²) in [6.07, 6.45) is 0. The second kappa shape index (κ2) is 2.64. The molecule has 50 valence electrons. The van der Waals surface area contributed by atoms with E-state index in [0.29, 0.717) is 0 Å². The lowest BCUT2D eigenvalue weighted by Crippen LogP contribution is -2.26. The molecule has 0 spiro atoms. The summed E-state index contributed by atoms with van der Waals surface area (Å²) in [5.41, 5.74) is 0.0212. The first-order valence-corrected chi connectivity index (χ1v) is 5.37. The first-order chi connectivity index (χ1) is 3.42. The number of rotatable bonds is 1. The van der Waals surface area contributed by atoms with Gasteiger partial charge in [-0.25, -0.2) is 0 Å². The lowest BCUT2D eigenvalue weighted by Gasteiger charge is -2.26. The van der Waals surface area contributed by atoms with Gasteiger partial charge in [-0.2, -0.15) is 0 Å². The first kappa shape index (κ1) is 8.18. The van der Waals surface area contributed by atoms with Crippen LogP contribution in [0.2, 0.25) is 6.55 Å². The standard InChI is InChI=1S/C6H15OSi/c1-6(2,3)7-8(4)5/h8H,4H2,1-3,5H3/q-1. The summed E-state index contributed by atoms with van der Waals surface area (Å²) in [5.74, 6) is 0. The van der Waals surface area contributed by atoms with Crippen molar-refractivity contribution in [2.24, 2.45) is 0 Å². The van der Waals surface area contributed by atoms with E-state index in [9.17, 15) is 0 Å². The van der Waals surface area contributed by atoms with Gasteiger partial charge in [0.2, 0.25) is 0 Å². The van der Waals surface area contributed by atoms with Gasteiger partial charge in [-0.15, -0.1) is 0 Å². The molecule has 0 radical (unpaired) electrons. The molecule has 0 aliphatic carbocycles. The quantitative estimate of drug-likeness (QED) is 0.387. The molecule has 0 rings (SSSR count). The van der Waals surface area contributed by atoms with Crippen molar-refractivity contribution in [3.63, 3.8) is 0 Å². The van der Waals surface area contributed by atoms with Gasteiger partial charge in [-0.05, 0) is 20.8 Å². The van der Waals surface area contributed by atoms with Crippen LogP contribution >= 0.6 is 0 Å². The van der Waals surface area contributed by atoms with E-state index in [1.165, 1.54) is 0 Å². The van der Waals surface area contributed by atoms with E-state index in [0.717, 1.165) is 0 Å². The van der Waals surface area contributed by atoms with Gasteiger partial charge in [0.1, 0.15) is 0 Å². The Kier molecular flexibility index (Phi) is 2.70. The summed E-state index contributed by atoms with van der Waals surface area (Å²) in [6.45, 7) is 12.1. The SMILES string of the molecule is [CH2-][SiH](C)OC(C)(C)C. The van der Waals surface area contributed by atoms with Gasteiger partial charge in [-0.1, -0.05) is 6.55 Å². The van der Waals surface area contributed by atoms with Crippen LogP contribution in [0.25, 0.3) is 0 Å². The predicted octanol–water partition coefficient (Wildman–Crippen LogP) is 1.53. The van der Waals surface area contributed by atoms with Gasteiger partial charge >= 0.3 is 0 Å². The second-order valence-corrected chi connectivity index (χ2v) is 4.90. The molecule has 0 saturated carbocycles. The Bertz CT molecular complexity index is 63.4. The van der Waals surface area contributed by atoms with E-state index < -0.39 is 9.04 Å². The Morgan fingerprint density at radius 2 is 1.75 bits per heavy atom. The molecule has 0 aromatic heterocycles. The summed E-state index contributed by atoms with van der Waals surface area (Å²) in [6, 6.07) is 0. The van der Waals surface area contributed by atoms with Crippen molar-refractivity contribution in [3.8, 4) is 0 Å². The van der Waals surface area contributed by atoms with E-state index >= 15 is 0 Å². The molecular formula is C6H15OSi-. The topological polar surface area (TPSA) is 9.23 Å². The maximum absolute atomic E-state index is 5.47. The Labute approximate surface area is 53.8 Å². The van der Waals surface area contributed by atoms with Crippen LogP contribution < -0.4 is 0 Å². The number of hydrogen-bond acceptors (Lipinski definition) is 1. The third-order valence-electron chi connectivity index (χ3n) is 0.555. The minimum atomic E-state index is -1.05. The van der Waals surface area contributed by atoms with Crippen molar-refractivity contribution < 1.29 is 4.43 Å². The molecule has 0 bridgehead atoms.